The summed E-state index contributed by atoms with van der Waals surface area (Å²) in [6.07, 6.45) is 0.421. The summed E-state index contributed by atoms with van der Waals surface area (Å²) >= 11 is 0. The van der Waals surface area contributed by atoms with Crippen LogP contribution in [0.2, 0.25) is 0 Å². The van der Waals surface area contributed by atoms with Gasteiger partial charge in [0.25, 0.3) is 5.91 Å². The quantitative estimate of drug-likeness (QED) is 0.501. The van der Waals surface area contributed by atoms with E-state index in [4.69, 9.17) is 9.47 Å². The van der Waals surface area contributed by atoms with Crippen molar-refractivity contribution in [3.8, 4) is 5.75 Å². The second-order valence-electron chi connectivity index (χ2n) is 6.57. The summed E-state index contributed by atoms with van der Waals surface area (Å²) in [6.45, 7) is 0.969. The molecule has 3 amide bonds. The molecule has 0 saturated heterocycles. The van der Waals surface area contributed by atoms with E-state index < -0.39 is 18.5 Å². The van der Waals surface area contributed by atoms with Gasteiger partial charge in [-0.25, -0.2) is 0 Å². The lowest BCUT2D eigenvalue weighted by atomic mass is 10.2. The van der Waals surface area contributed by atoms with Gasteiger partial charge in [0.2, 0.25) is 11.8 Å². The Labute approximate surface area is 180 Å². The molecule has 9 nitrogen and oxygen atoms in total. The number of ether oxygens (including phenoxy) is 2. The van der Waals surface area contributed by atoms with Gasteiger partial charge in [0.1, 0.15) is 5.75 Å². The maximum Gasteiger partial charge on any atom is 0.306 e. The highest BCUT2D eigenvalue weighted by Crippen LogP contribution is 2.23. The van der Waals surface area contributed by atoms with Gasteiger partial charge in [-0.1, -0.05) is 12.1 Å². The molecule has 2 aromatic carbocycles. The number of hydrogen-bond acceptors (Lipinski definition) is 6. The number of methoxy groups -OCH3 is 1. The smallest absolute Gasteiger partial charge is 0.306 e. The molecule has 31 heavy (non-hydrogen) atoms. The third-order valence-corrected chi connectivity index (χ3v) is 4.02. The van der Waals surface area contributed by atoms with Crippen LogP contribution in [0, 0.1) is 0 Å². The minimum Gasteiger partial charge on any atom is -0.495 e. The Morgan fingerprint density at radius 2 is 1.45 bits per heavy atom. The number of esters is 1. The first-order chi connectivity index (χ1) is 14.9. The molecule has 0 heterocycles. The maximum absolute atomic E-state index is 12.0. The Bertz CT molecular complexity index is 927. The highest BCUT2D eigenvalue weighted by Gasteiger charge is 2.11. The second-order valence-corrected chi connectivity index (χ2v) is 6.57. The zero-order chi connectivity index (χ0) is 22.6. The molecule has 9 heteroatoms. The average Bonchev–Trinajstić information content (AvgIpc) is 2.73. The van der Waals surface area contributed by atoms with Crippen LogP contribution in [-0.2, 0) is 23.9 Å². The number of benzene rings is 2. The van der Waals surface area contributed by atoms with E-state index in [1.165, 1.54) is 14.0 Å². The molecule has 0 unspecified atom stereocenters. The Hall–Kier alpha value is -3.88. The topological polar surface area (TPSA) is 123 Å². The fourth-order valence-corrected chi connectivity index (χ4v) is 2.61. The van der Waals surface area contributed by atoms with Gasteiger partial charge >= 0.3 is 5.97 Å². The first-order valence-electron chi connectivity index (χ1n) is 9.63. The Balaban J connectivity index is 1.65. The van der Waals surface area contributed by atoms with Crippen molar-refractivity contribution in [1.82, 2.24) is 0 Å². The van der Waals surface area contributed by atoms with Crippen molar-refractivity contribution in [2.45, 2.75) is 26.2 Å². The lowest BCUT2D eigenvalue weighted by Crippen LogP contribution is -2.21. The summed E-state index contributed by atoms with van der Waals surface area (Å²) in [7, 11) is 1.51. The molecule has 0 bridgehead atoms. The predicted molar refractivity (Wildman–Crippen MR) is 116 cm³/mol. The van der Waals surface area contributed by atoms with E-state index in [0.717, 1.165) is 0 Å². The summed E-state index contributed by atoms with van der Waals surface area (Å²) in [6, 6.07) is 13.5. The van der Waals surface area contributed by atoms with Crippen molar-refractivity contribution in [2.24, 2.45) is 0 Å². The molecule has 0 fully saturated rings. The fourth-order valence-electron chi connectivity index (χ4n) is 2.61. The Kier molecular flexibility index (Phi) is 9.03. The fraction of sp³-hybridized carbons (Fsp3) is 0.273. The van der Waals surface area contributed by atoms with Gasteiger partial charge in [0, 0.05) is 31.1 Å². The van der Waals surface area contributed by atoms with Crippen LogP contribution in [0.1, 0.15) is 26.2 Å². The van der Waals surface area contributed by atoms with Crippen LogP contribution < -0.4 is 20.7 Å². The van der Waals surface area contributed by atoms with E-state index in [9.17, 15) is 19.2 Å². The van der Waals surface area contributed by atoms with Crippen LogP contribution in [-0.4, -0.2) is 37.4 Å². The highest BCUT2D eigenvalue weighted by atomic mass is 16.5. The number of hydrogen-bond donors (Lipinski definition) is 3. The summed E-state index contributed by atoms with van der Waals surface area (Å²) in [4.78, 5) is 46.7. The number of anilines is 3. The number of carbonyl (C=O) groups excluding carboxylic acids is 4. The number of nitrogens with one attached hydrogen (secondary N) is 3. The monoisotopic (exact) mass is 427 g/mol. The Morgan fingerprint density at radius 3 is 2.10 bits per heavy atom. The van der Waals surface area contributed by atoms with E-state index in [2.05, 4.69) is 16.0 Å². The molecule has 164 valence electrons. The van der Waals surface area contributed by atoms with Gasteiger partial charge < -0.3 is 25.4 Å². The van der Waals surface area contributed by atoms with Crippen LogP contribution in [0.4, 0.5) is 17.1 Å². The van der Waals surface area contributed by atoms with Gasteiger partial charge in [0.05, 0.1) is 12.8 Å². The first kappa shape index (κ1) is 23.4. The van der Waals surface area contributed by atoms with Gasteiger partial charge in [-0.15, -0.1) is 0 Å². The molecule has 0 saturated carbocycles. The molecule has 0 aromatic heterocycles. The van der Waals surface area contributed by atoms with Gasteiger partial charge in [-0.2, -0.15) is 0 Å². The average molecular weight is 427 g/mol. The van der Waals surface area contributed by atoms with E-state index >= 15 is 0 Å². The number of rotatable bonds is 10. The van der Waals surface area contributed by atoms with E-state index in [1.54, 1.807) is 48.5 Å². The molecular formula is C22H25N3O6. The van der Waals surface area contributed by atoms with Crippen molar-refractivity contribution in [1.29, 1.82) is 0 Å². The molecule has 0 aliphatic rings. The molecule has 0 atom stereocenters. The van der Waals surface area contributed by atoms with Gasteiger partial charge in [-0.3, -0.25) is 19.2 Å². The molecule has 0 spiro atoms. The Morgan fingerprint density at radius 1 is 0.806 bits per heavy atom. The van der Waals surface area contributed by atoms with Crippen molar-refractivity contribution >= 4 is 40.8 Å². The molecule has 2 aromatic rings. The van der Waals surface area contributed by atoms with Crippen molar-refractivity contribution in [3.63, 3.8) is 0 Å². The largest absolute Gasteiger partial charge is 0.495 e. The summed E-state index contributed by atoms with van der Waals surface area (Å²) < 4.78 is 10.1. The van der Waals surface area contributed by atoms with Crippen LogP contribution in [0.3, 0.4) is 0 Å². The number of carbonyl (C=O) groups is 4. The standard InChI is InChI=1S/C22H25N3O6/c1-15(26)23-16-10-12-17(13-11-16)24-21(28)14-31-22(29)9-5-8-20(27)25-18-6-3-4-7-19(18)30-2/h3-4,6-7,10-13H,5,8-9,14H2,1-2H3,(H,23,26)(H,24,28)(H,25,27). The first-order valence-corrected chi connectivity index (χ1v) is 9.63. The number of para-hydroxylation sites is 2. The summed E-state index contributed by atoms with van der Waals surface area (Å²) in [5.74, 6) is -0.958. The van der Waals surface area contributed by atoms with Crippen molar-refractivity contribution < 1.29 is 28.7 Å². The molecule has 0 radical (unpaired) electrons. The van der Waals surface area contributed by atoms with Crippen LogP contribution in [0.5, 0.6) is 5.75 Å². The van der Waals surface area contributed by atoms with Crippen molar-refractivity contribution in [2.75, 3.05) is 29.7 Å². The minimum atomic E-state index is -0.568. The second kappa shape index (κ2) is 12.0. The minimum absolute atomic E-state index is 0.0119. The van der Waals surface area contributed by atoms with E-state index in [-0.39, 0.29) is 31.1 Å². The van der Waals surface area contributed by atoms with Crippen LogP contribution >= 0.6 is 0 Å². The summed E-state index contributed by atoms with van der Waals surface area (Å²) in [5, 5.41) is 7.93. The van der Waals surface area contributed by atoms with Gasteiger partial charge in [-0.05, 0) is 42.8 Å². The molecule has 0 aliphatic carbocycles. The van der Waals surface area contributed by atoms with Crippen LogP contribution in [0.25, 0.3) is 0 Å². The normalized spacial score (nSPS) is 10.0. The van der Waals surface area contributed by atoms with Crippen LogP contribution in [0.15, 0.2) is 48.5 Å². The van der Waals surface area contributed by atoms with Gasteiger partial charge in [0.15, 0.2) is 6.61 Å². The zero-order valence-electron chi connectivity index (χ0n) is 17.4. The number of amides is 3. The molecule has 2 rings (SSSR count). The lowest BCUT2D eigenvalue weighted by molar-refractivity contribution is -0.147. The molecule has 0 aliphatic heterocycles. The zero-order valence-corrected chi connectivity index (χ0v) is 17.4. The summed E-state index contributed by atoms with van der Waals surface area (Å²) in [5.41, 5.74) is 1.66. The third kappa shape index (κ3) is 8.57. The maximum atomic E-state index is 12.0. The van der Waals surface area contributed by atoms with E-state index in [0.29, 0.717) is 22.8 Å². The predicted octanol–water partition coefficient (Wildman–Crippen LogP) is 2.94. The van der Waals surface area contributed by atoms with Crippen molar-refractivity contribution in [3.05, 3.63) is 48.5 Å². The molecular weight excluding hydrogens is 402 g/mol. The highest BCUT2D eigenvalue weighted by molar-refractivity contribution is 5.94. The molecule has 3 N–H and O–H groups in total. The lowest BCUT2D eigenvalue weighted by Gasteiger charge is -2.10. The third-order valence-electron chi connectivity index (χ3n) is 4.02. The van der Waals surface area contributed by atoms with E-state index in [1.807, 2.05) is 0 Å². The SMILES string of the molecule is COc1ccccc1NC(=O)CCCC(=O)OCC(=O)Nc1ccc(NC(C)=O)cc1.